The summed E-state index contributed by atoms with van der Waals surface area (Å²) in [7, 11) is 0. The molecule has 0 spiro atoms. The van der Waals surface area contributed by atoms with Gasteiger partial charge in [0.15, 0.2) is 0 Å². The highest BCUT2D eigenvalue weighted by Crippen LogP contribution is 2.32. The maximum atomic E-state index is 12.6. The molecule has 5 N–H and O–H groups in total. The fourth-order valence-electron chi connectivity index (χ4n) is 3.48. The van der Waals surface area contributed by atoms with E-state index in [0.29, 0.717) is 16.8 Å². The molecule has 156 valence electrons. The van der Waals surface area contributed by atoms with E-state index in [-0.39, 0.29) is 5.91 Å². The molecule has 2 aromatic carbocycles. The SMILES string of the molecule is CCCc1ccc(NC(=O)c2cccc(C3OC(CO)C(O)C(O)C3O)c2)cc1. The van der Waals surface area contributed by atoms with E-state index in [1.807, 2.05) is 24.3 Å². The highest BCUT2D eigenvalue weighted by Gasteiger charge is 2.43. The van der Waals surface area contributed by atoms with Crippen LogP contribution in [0.15, 0.2) is 48.5 Å². The molecule has 5 atom stereocenters. The molecule has 3 rings (SSSR count). The lowest BCUT2D eigenvalue weighted by atomic mass is 9.90. The van der Waals surface area contributed by atoms with Crippen LogP contribution in [0.3, 0.4) is 0 Å². The summed E-state index contributed by atoms with van der Waals surface area (Å²) < 4.78 is 5.56. The van der Waals surface area contributed by atoms with Crippen molar-refractivity contribution in [2.45, 2.75) is 50.3 Å². The van der Waals surface area contributed by atoms with Crippen molar-refractivity contribution in [3.63, 3.8) is 0 Å². The molecule has 0 radical (unpaired) electrons. The maximum absolute atomic E-state index is 12.6. The zero-order chi connectivity index (χ0) is 21.0. The predicted octanol–water partition coefficient (Wildman–Crippen LogP) is 1.41. The summed E-state index contributed by atoms with van der Waals surface area (Å²) in [5.41, 5.74) is 2.70. The molecule has 7 nitrogen and oxygen atoms in total. The molecule has 1 aliphatic heterocycles. The number of aliphatic hydroxyl groups excluding tert-OH is 4. The Kier molecular flexibility index (Phi) is 7.00. The van der Waals surface area contributed by atoms with Crippen LogP contribution in [0.5, 0.6) is 0 Å². The van der Waals surface area contributed by atoms with Crippen LogP contribution in [-0.4, -0.2) is 57.4 Å². The van der Waals surface area contributed by atoms with Crippen LogP contribution in [-0.2, 0) is 11.2 Å². The Morgan fingerprint density at radius 1 is 1.03 bits per heavy atom. The number of hydrogen-bond donors (Lipinski definition) is 5. The van der Waals surface area contributed by atoms with Gasteiger partial charge in [0.05, 0.1) is 6.61 Å². The second-order valence-corrected chi connectivity index (χ2v) is 7.28. The van der Waals surface area contributed by atoms with Gasteiger partial charge in [-0.05, 0) is 41.8 Å². The van der Waals surface area contributed by atoms with Crippen molar-refractivity contribution in [2.24, 2.45) is 0 Å². The highest BCUT2D eigenvalue weighted by atomic mass is 16.5. The number of aliphatic hydroxyl groups is 4. The zero-order valence-electron chi connectivity index (χ0n) is 16.2. The van der Waals surface area contributed by atoms with Crippen molar-refractivity contribution in [1.29, 1.82) is 0 Å². The van der Waals surface area contributed by atoms with E-state index in [1.165, 1.54) is 5.56 Å². The van der Waals surface area contributed by atoms with Gasteiger partial charge in [-0.3, -0.25) is 4.79 Å². The fourth-order valence-corrected chi connectivity index (χ4v) is 3.48. The number of carbonyl (C=O) groups excluding carboxylic acids is 1. The average Bonchev–Trinajstić information content (AvgIpc) is 2.74. The van der Waals surface area contributed by atoms with Gasteiger partial charge in [-0.1, -0.05) is 37.6 Å². The molecular formula is C22H27NO6. The summed E-state index contributed by atoms with van der Waals surface area (Å²) in [4.78, 5) is 12.6. The molecule has 5 unspecified atom stereocenters. The first kappa shape index (κ1) is 21.4. The number of rotatable bonds is 6. The van der Waals surface area contributed by atoms with Gasteiger partial charge in [0.1, 0.15) is 30.5 Å². The third-order valence-corrected chi connectivity index (χ3v) is 5.12. The van der Waals surface area contributed by atoms with Crippen molar-refractivity contribution >= 4 is 11.6 Å². The Labute approximate surface area is 169 Å². The standard InChI is InChI=1S/C22H27NO6/c1-2-4-13-7-9-16(10-8-13)23-22(28)15-6-3-5-14(11-15)21-20(27)19(26)18(25)17(12-24)29-21/h3,5-11,17-21,24-27H,2,4,12H2,1H3,(H,23,28). The van der Waals surface area contributed by atoms with Crippen LogP contribution in [0.2, 0.25) is 0 Å². The molecule has 29 heavy (non-hydrogen) atoms. The third-order valence-electron chi connectivity index (χ3n) is 5.12. The summed E-state index contributed by atoms with van der Waals surface area (Å²) in [6.07, 6.45) is -4.23. The van der Waals surface area contributed by atoms with Gasteiger partial charge in [0.25, 0.3) is 5.91 Å². The van der Waals surface area contributed by atoms with Crippen molar-refractivity contribution in [2.75, 3.05) is 11.9 Å². The molecule has 2 aromatic rings. The van der Waals surface area contributed by atoms with Crippen molar-refractivity contribution in [3.05, 3.63) is 65.2 Å². The number of ether oxygens (including phenoxy) is 1. The predicted molar refractivity (Wildman–Crippen MR) is 108 cm³/mol. The minimum absolute atomic E-state index is 0.320. The lowest BCUT2D eigenvalue weighted by Gasteiger charge is -2.40. The summed E-state index contributed by atoms with van der Waals surface area (Å²) in [5, 5.41) is 42.4. The van der Waals surface area contributed by atoms with Gasteiger partial charge in [-0.25, -0.2) is 0 Å². The Hall–Kier alpha value is -2.29. The summed E-state index contributed by atoms with van der Waals surface area (Å²) >= 11 is 0. The summed E-state index contributed by atoms with van der Waals surface area (Å²) in [6, 6.07) is 14.2. The molecule has 1 amide bonds. The Morgan fingerprint density at radius 2 is 1.76 bits per heavy atom. The average molecular weight is 401 g/mol. The fraction of sp³-hybridized carbons (Fsp3) is 0.409. The number of amides is 1. The maximum Gasteiger partial charge on any atom is 0.255 e. The van der Waals surface area contributed by atoms with Crippen LogP contribution in [0.1, 0.15) is 40.9 Å². The molecule has 1 saturated heterocycles. The Morgan fingerprint density at radius 3 is 2.41 bits per heavy atom. The second kappa shape index (κ2) is 9.47. The molecule has 0 aromatic heterocycles. The van der Waals surface area contributed by atoms with Crippen LogP contribution in [0, 0.1) is 0 Å². The number of nitrogens with one attached hydrogen (secondary N) is 1. The van der Waals surface area contributed by atoms with E-state index in [2.05, 4.69) is 12.2 Å². The number of carbonyl (C=O) groups is 1. The zero-order valence-corrected chi connectivity index (χ0v) is 16.2. The monoisotopic (exact) mass is 401 g/mol. The number of anilines is 1. The lowest BCUT2D eigenvalue weighted by molar-refractivity contribution is -0.231. The van der Waals surface area contributed by atoms with Gasteiger partial charge in [0.2, 0.25) is 0 Å². The van der Waals surface area contributed by atoms with Gasteiger partial charge in [-0.2, -0.15) is 0 Å². The highest BCUT2D eigenvalue weighted by molar-refractivity contribution is 6.04. The van der Waals surface area contributed by atoms with Gasteiger partial charge in [0, 0.05) is 11.3 Å². The molecule has 1 fully saturated rings. The quantitative estimate of drug-likeness (QED) is 0.499. The van der Waals surface area contributed by atoms with E-state index in [9.17, 15) is 25.2 Å². The number of hydrogen-bond acceptors (Lipinski definition) is 6. The molecule has 7 heteroatoms. The molecule has 0 bridgehead atoms. The molecule has 0 saturated carbocycles. The normalized spacial score (nSPS) is 26.9. The first-order valence-electron chi connectivity index (χ1n) is 9.75. The van der Waals surface area contributed by atoms with E-state index in [1.54, 1.807) is 24.3 Å². The van der Waals surface area contributed by atoms with Crippen LogP contribution in [0.4, 0.5) is 5.69 Å². The molecule has 1 aliphatic rings. The van der Waals surface area contributed by atoms with Crippen LogP contribution < -0.4 is 5.32 Å². The van der Waals surface area contributed by atoms with Crippen molar-refractivity contribution in [3.8, 4) is 0 Å². The third kappa shape index (κ3) is 4.83. The largest absolute Gasteiger partial charge is 0.394 e. The van der Waals surface area contributed by atoms with E-state index >= 15 is 0 Å². The second-order valence-electron chi connectivity index (χ2n) is 7.28. The van der Waals surface area contributed by atoms with Gasteiger partial charge < -0.3 is 30.5 Å². The first-order valence-corrected chi connectivity index (χ1v) is 9.75. The van der Waals surface area contributed by atoms with Crippen molar-refractivity contribution in [1.82, 2.24) is 0 Å². The number of aryl methyl sites for hydroxylation is 1. The minimum atomic E-state index is -1.47. The Balaban J connectivity index is 1.75. The lowest BCUT2D eigenvalue weighted by Crippen LogP contribution is -2.55. The molecule has 1 heterocycles. The smallest absolute Gasteiger partial charge is 0.255 e. The molecule has 0 aliphatic carbocycles. The summed E-state index contributed by atoms with van der Waals surface area (Å²) in [5.74, 6) is -0.320. The Bertz CT molecular complexity index is 822. The van der Waals surface area contributed by atoms with Gasteiger partial charge in [-0.15, -0.1) is 0 Å². The molecular weight excluding hydrogens is 374 g/mol. The van der Waals surface area contributed by atoms with E-state index in [0.717, 1.165) is 12.8 Å². The first-order chi connectivity index (χ1) is 13.9. The van der Waals surface area contributed by atoms with Crippen LogP contribution >= 0.6 is 0 Å². The number of benzene rings is 2. The van der Waals surface area contributed by atoms with Gasteiger partial charge >= 0.3 is 0 Å². The minimum Gasteiger partial charge on any atom is -0.394 e. The topological polar surface area (TPSA) is 119 Å². The van der Waals surface area contributed by atoms with E-state index < -0.39 is 37.1 Å². The van der Waals surface area contributed by atoms with Crippen LogP contribution in [0.25, 0.3) is 0 Å². The van der Waals surface area contributed by atoms with E-state index in [4.69, 9.17) is 4.74 Å². The van der Waals surface area contributed by atoms with Crippen molar-refractivity contribution < 1.29 is 30.0 Å². The summed E-state index contributed by atoms with van der Waals surface area (Å²) in [6.45, 7) is 1.60.